The maximum Gasteiger partial charge on any atom is 0.297 e. The fourth-order valence-electron chi connectivity index (χ4n) is 1.48. The van der Waals surface area contributed by atoms with Crippen LogP contribution in [-0.4, -0.2) is 27.2 Å². The van der Waals surface area contributed by atoms with Crippen LogP contribution in [-0.2, 0) is 23.9 Å². The topological polar surface area (TPSA) is 89.5 Å². The maximum atomic E-state index is 11.9. The molecule has 0 saturated carbocycles. The Kier molecular flexibility index (Phi) is 5.20. The molecule has 104 valence electrons. The van der Waals surface area contributed by atoms with E-state index in [1.807, 2.05) is 0 Å². The van der Waals surface area contributed by atoms with E-state index in [0.717, 1.165) is 0 Å². The van der Waals surface area contributed by atoms with Gasteiger partial charge in [0.15, 0.2) is 0 Å². The molecule has 0 bridgehead atoms. The van der Waals surface area contributed by atoms with Crippen molar-refractivity contribution >= 4 is 28.0 Å². The van der Waals surface area contributed by atoms with Crippen LogP contribution in [0.3, 0.4) is 0 Å². The summed E-state index contributed by atoms with van der Waals surface area (Å²) in [5.41, 5.74) is 0.802. The van der Waals surface area contributed by atoms with E-state index < -0.39 is 10.1 Å². The number of hydrogen-bond acceptors (Lipinski definition) is 5. The third-order valence-electron chi connectivity index (χ3n) is 2.34. The first-order valence-electron chi connectivity index (χ1n) is 5.58. The van der Waals surface area contributed by atoms with Crippen molar-refractivity contribution in [2.45, 2.75) is 25.2 Å². The van der Waals surface area contributed by atoms with Crippen LogP contribution in [0.5, 0.6) is 0 Å². The highest BCUT2D eigenvalue weighted by Gasteiger charge is 2.19. The van der Waals surface area contributed by atoms with Gasteiger partial charge in [-0.15, -0.1) is 0 Å². The molecule has 0 saturated heterocycles. The zero-order chi connectivity index (χ0) is 14.5. The predicted molar refractivity (Wildman–Crippen MR) is 69.3 cm³/mol. The monoisotopic (exact) mass is 285 g/mol. The highest BCUT2D eigenvalue weighted by molar-refractivity contribution is 7.86. The van der Waals surface area contributed by atoms with Crippen molar-refractivity contribution in [2.24, 2.45) is 0 Å². The number of benzene rings is 1. The normalized spacial score (nSPS) is 11.1. The van der Waals surface area contributed by atoms with E-state index in [2.05, 4.69) is 5.32 Å². The quantitative estimate of drug-likeness (QED) is 0.482. The Hall–Kier alpha value is -1.73. The molecule has 0 aliphatic rings. The van der Waals surface area contributed by atoms with E-state index in [-0.39, 0.29) is 23.8 Å². The largest absolute Gasteiger partial charge is 0.326 e. The molecule has 1 aromatic carbocycles. The van der Waals surface area contributed by atoms with Gasteiger partial charge in [-0.1, -0.05) is 6.07 Å². The molecule has 0 aliphatic heterocycles. The van der Waals surface area contributed by atoms with Crippen LogP contribution in [0.2, 0.25) is 0 Å². The van der Waals surface area contributed by atoms with Gasteiger partial charge in [0.05, 0.1) is 11.5 Å². The van der Waals surface area contributed by atoms with Gasteiger partial charge in [-0.05, 0) is 24.6 Å². The summed E-state index contributed by atoms with van der Waals surface area (Å²) in [4.78, 5) is 21.1. The summed E-state index contributed by atoms with van der Waals surface area (Å²) in [6, 6.07) is 4.49. The molecule has 7 heteroatoms. The molecule has 0 aliphatic carbocycles. The number of carbonyl (C=O) groups is 2. The minimum absolute atomic E-state index is 0.00364. The molecule has 0 atom stereocenters. The van der Waals surface area contributed by atoms with Crippen LogP contribution in [0.1, 0.15) is 18.9 Å². The Morgan fingerprint density at radius 1 is 1.42 bits per heavy atom. The van der Waals surface area contributed by atoms with Crippen LogP contribution >= 0.6 is 0 Å². The van der Waals surface area contributed by atoms with Gasteiger partial charge in [0.25, 0.3) is 10.1 Å². The van der Waals surface area contributed by atoms with Gasteiger partial charge in [-0.25, -0.2) is 0 Å². The standard InChI is InChI=1S/C12H15NO5S/c1-9-11(13-10(2)15)5-3-6-12(9)19(16,17)18-8-4-7-14/h3,5-7H,4,8H2,1-2H3,(H,13,15). The Bertz CT molecular complexity index is 580. The first kappa shape index (κ1) is 15.3. The molecule has 1 rings (SSSR count). The van der Waals surface area contributed by atoms with Crippen molar-refractivity contribution in [3.63, 3.8) is 0 Å². The van der Waals surface area contributed by atoms with Crippen molar-refractivity contribution in [3.8, 4) is 0 Å². The Morgan fingerprint density at radius 3 is 2.68 bits per heavy atom. The highest BCUT2D eigenvalue weighted by atomic mass is 32.2. The fraction of sp³-hybridized carbons (Fsp3) is 0.333. The number of rotatable bonds is 6. The van der Waals surface area contributed by atoms with Gasteiger partial charge < -0.3 is 10.1 Å². The molecule has 0 radical (unpaired) electrons. The second-order valence-corrected chi connectivity index (χ2v) is 5.43. The minimum Gasteiger partial charge on any atom is -0.326 e. The van der Waals surface area contributed by atoms with Crippen molar-refractivity contribution in [3.05, 3.63) is 23.8 Å². The van der Waals surface area contributed by atoms with E-state index in [9.17, 15) is 18.0 Å². The predicted octanol–water partition coefficient (Wildman–Crippen LogP) is 1.25. The number of aldehydes is 1. The number of carbonyl (C=O) groups excluding carboxylic acids is 2. The summed E-state index contributed by atoms with van der Waals surface area (Å²) in [6.45, 7) is 2.71. The first-order valence-corrected chi connectivity index (χ1v) is 6.99. The molecule has 6 nitrogen and oxygen atoms in total. The van der Waals surface area contributed by atoms with Gasteiger partial charge in [-0.2, -0.15) is 8.42 Å². The van der Waals surface area contributed by atoms with Crippen molar-refractivity contribution in [1.82, 2.24) is 0 Å². The number of anilines is 1. The van der Waals surface area contributed by atoms with E-state index in [1.165, 1.54) is 19.1 Å². The van der Waals surface area contributed by atoms with Crippen LogP contribution in [0.4, 0.5) is 5.69 Å². The zero-order valence-corrected chi connectivity index (χ0v) is 11.5. The summed E-state index contributed by atoms with van der Waals surface area (Å²) < 4.78 is 28.6. The van der Waals surface area contributed by atoms with Crippen LogP contribution < -0.4 is 5.32 Å². The molecule has 1 N–H and O–H groups in total. The van der Waals surface area contributed by atoms with E-state index in [1.54, 1.807) is 13.0 Å². The summed E-state index contributed by atoms with van der Waals surface area (Å²) in [5.74, 6) is -0.292. The SMILES string of the molecule is CC(=O)Nc1cccc(S(=O)(=O)OCCC=O)c1C. The average Bonchev–Trinajstić information content (AvgIpc) is 2.31. The van der Waals surface area contributed by atoms with Crippen LogP contribution in [0.15, 0.2) is 23.1 Å². The molecule has 1 amide bonds. The fourth-order valence-corrected chi connectivity index (χ4v) is 2.65. The lowest BCUT2D eigenvalue weighted by atomic mass is 10.2. The highest BCUT2D eigenvalue weighted by Crippen LogP contribution is 2.24. The Morgan fingerprint density at radius 2 is 2.11 bits per heavy atom. The number of nitrogens with one attached hydrogen (secondary N) is 1. The number of hydrogen-bond donors (Lipinski definition) is 1. The van der Waals surface area contributed by atoms with Crippen molar-refractivity contribution < 1.29 is 22.2 Å². The Labute approximate surface area is 111 Å². The van der Waals surface area contributed by atoms with Gasteiger partial charge in [0.2, 0.25) is 5.91 Å². The molecule has 0 spiro atoms. The van der Waals surface area contributed by atoms with Gasteiger partial charge in [-0.3, -0.25) is 8.98 Å². The lowest BCUT2D eigenvalue weighted by Crippen LogP contribution is -2.12. The first-order chi connectivity index (χ1) is 8.88. The van der Waals surface area contributed by atoms with E-state index in [0.29, 0.717) is 17.5 Å². The zero-order valence-electron chi connectivity index (χ0n) is 10.7. The lowest BCUT2D eigenvalue weighted by molar-refractivity contribution is -0.114. The molecule has 0 unspecified atom stereocenters. The molecule has 0 fully saturated rings. The molecular weight excluding hydrogens is 270 g/mol. The molecule has 1 aromatic rings. The van der Waals surface area contributed by atoms with Crippen LogP contribution in [0.25, 0.3) is 0 Å². The third kappa shape index (κ3) is 4.15. The van der Waals surface area contributed by atoms with Gasteiger partial charge in [0.1, 0.15) is 6.29 Å². The average molecular weight is 285 g/mol. The lowest BCUT2D eigenvalue weighted by Gasteiger charge is -2.11. The van der Waals surface area contributed by atoms with Crippen molar-refractivity contribution in [2.75, 3.05) is 11.9 Å². The Balaban J connectivity index is 3.06. The molecule has 0 aromatic heterocycles. The van der Waals surface area contributed by atoms with Crippen molar-refractivity contribution in [1.29, 1.82) is 0 Å². The molecule has 19 heavy (non-hydrogen) atoms. The van der Waals surface area contributed by atoms with Crippen LogP contribution in [0, 0.1) is 6.92 Å². The summed E-state index contributed by atoms with van der Waals surface area (Å²) in [7, 11) is -3.93. The molecule has 0 heterocycles. The van der Waals surface area contributed by atoms with Gasteiger partial charge >= 0.3 is 0 Å². The number of amides is 1. The maximum absolute atomic E-state index is 11.9. The summed E-state index contributed by atoms with van der Waals surface area (Å²) in [5, 5.41) is 2.54. The molecular formula is C12H15NO5S. The minimum atomic E-state index is -3.93. The van der Waals surface area contributed by atoms with E-state index in [4.69, 9.17) is 4.18 Å². The summed E-state index contributed by atoms with van der Waals surface area (Å²) in [6.07, 6.45) is 0.583. The summed E-state index contributed by atoms with van der Waals surface area (Å²) >= 11 is 0. The van der Waals surface area contributed by atoms with E-state index >= 15 is 0 Å². The second kappa shape index (κ2) is 6.44. The third-order valence-corrected chi connectivity index (χ3v) is 3.80. The second-order valence-electron chi connectivity index (χ2n) is 3.84. The smallest absolute Gasteiger partial charge is 0.297 e. The van der Waals surface area contributed by atoms with Gasteiger partial charge in [0, 0.05) is 19.0 Å².